The summed E-state index contributed by atoms with van der Waals surface area (Å²) in [6.45, 7) is 4.10. The highest BCUT2D eigenvalue weighted by Crippen LogP contribution is 2.28. The number of H-pyrrole nitrogens is 1. The van der Waals surface area contributed by atoms with Crippen molar-refractivity contribution in [2.45, 2.75) is 26.8 Å². The average Bonchev–Trinajstić information content (AvgIpc) is 3.02. The number of rotatable bonds is 5. The number of hydrogen-bond donors (Lipinski definition) is 2. The molecule has 0 radical (unpaired) electrons. The van der Waals surface area contributed by atoms with Crippen molar-refractivity contribution < 1.29 is 14.3 Å². The van der Waals surface area contributed by atoms with E-state index in [0.717, 1.165) is 11.3 Å². The Labute approximate surface area is 157 Å². The molecule has 0 aliphatic carbocycles. The maximum atomic E-state index is 12.5. The number of methoxy groups -OCH3 is 1. The zero-order chi connectivity index (χ0) is 19.6. The monoisotopic (exact) mass is 369 g/mol. The molecule has 1 saturated heterocycles. The number of ether oxygens (including phenoxy) is 1. The van der Waals surface area contributed by atoms with Crippen LogP contribution in [0.4, 0.5) is 5.69 Å². The fraction of sp³-hybridized carbons (Fsp3) is 0.350. The fourth-order valence-corrected chi connectivity index (χ4v) is 3.33. The molecule has 2 aromatic rings. The van der Waals surface area contributed by atoms with E-state index < -0.39 is 5.92 Å². The minimum Gasteiger partial charge on any atom is -0.497 e. The maximum absolute atomic E-state index is 12.5. The van der Waals surface area contributed by atoms with Crippen LogP contribution in [-0.4, -0.2) is 30.5 Å². The molecule has 1 aromatic heterocycles. The lowest BCUT2D eigenvalue weighted by atomic mass is 10.1. The van der Waals surface area contributed by atoms with Crippen molar-refractivity contribution in [2.24, 2.45) is 5.92 Å². The molecule has 27 heavy (non-hydrogen) atoms. The van der Waals surface area contributed by atoms with Crippen LogP contribution in [0.1, 0.15) is 23.2 Å². The molecule has 1 atom stereocenters. The number of hydrogen-bond acceptors (Lipinski definition) is 4. The van der Waals surface area contributed by atoms with Crippen molar-refractivity contribution in [1.29, 1.82) is 0 Å². The van der Waals surface area contributed by atoms with Gasteiger partial charge in [-0.1, -0.05) is 6.07 Å². The Hall–Kier alpha value is -3.09. The van der Waals surface area contributed by atoms with Crippen LogP contribution in [0.15, 0.2) is 35.1 Å². The maximum Gasteiger partial charge on any atom is 0.253 e. The SMILES string of the molecule is COc1cccc(N2CC(C(=O)NCc3c(C)cc(C)[nH]c3=O)CC2=O)c1. The van der Waals surface area contributed by atoms with Crippen molar-refractivity contribution >= 4 is 17.5 Å². The molecule has 2 amide bonds. The van der Waals surface area contributed by atoms with Crippen molar-refractivity contribution in [3.05, 3.63) is 57.5 Å². The minimum absolute atomic E-state index is 0.104. The lowest BCUT2D eigenvalue weighted by Crippen LogP contribution is -2.34. The Kier molecular flexibility index (Phi) is 5.30. The Bertz CT molecular complexity index is 935. The zero-order valence-corrected chi connectivity index (χ0v) is 15.7. The number of aryl methyl sites for hydroxylation is 2. The number of carbonyl (C=O) groups is 2. The highest BCUT2D eigenvalue weighted by molar-refractivity contribution is 6.00. The zero-order valence-electron chi connectivity index (χ0n) is 15.7. The summed E-state index contributed by atoms with van der Waals surface area (Å²) in [6.07, 6.45) is 0.145. The Morgan fingerprint density at radius 3 is 2.78 bits per heavy atom. The van der Waals surface area contributed by atoms with Gasteiger partial charge in [0.2, 0.25) is 11.8 Å². The number of benzene rings is 1. The van der Waals surface area contributed by atoms with Gasteiger partial charge in [-0.2, -0.15) is 0 Å². The van der Waals surface area contributed by atoms with Crippen LogP contribution in [0.25, 0.3) is 0 Å². The van der Waals surface area contributed by atoms with E-state index in [1.807, 2.05) is 26.0 Å². The minimum atomic E-state index is -0.450. The molecule has 1 aliphatic heterocycles. The van der Waals surface area contributed by atoms with E-state index in [1.165, 1.54) is 0 Å². The third-order valence-electron chi connectivity index (χ3n) is 4.79. The first-order chi connectivity index (χ1) is 12.9. The van der Waals surface area contributed by atoms with Gasteiger partial charge in [-0.25, -0.2) is 0 Å². The number of nitrogens with zero attached hydrogens (tertiary/aromatic N) is 1. The molecule has 142 valence electrons. The van der Waals surface area contributed by atoms with Gasteiger partial charge in [0.25, 0.3) is 5.56 Å². The van der Waals surface area contributed by atoms with E-state index in [2.05, 4.69) is 10.3 Å². The van der Waals surface area contributed by atoms with Gasteiger partial charge < -0.3 is 19.9 Å². The van der Waals surface area contributed by atoms with Gasteiger partial charge in [-0.05, 0) is 37.6 Å². The molecular formula is C20H23N3O4. The molecule has 1 fully saturated rings. The van der Waals surface area contributed by atoms with Gasteiger partial charge in [0.05, 0.1) is 13.0 Å². The molecule has 3 rings (SSSR count). The van der Waals surface area contributed by atoms with Crippen molar-refractivity contribution in [3.63, 3.8) is 0 Å². The topological polar surface area (TPSA) is 91.5 Å². The summed E-state index contributed by atoms with van der Waals surface area (Å²) in [5, 5.41) is 2.79. The number of carbonyl (C=O) groups excluding carboxylic acids is 2. The first-order valence-electron chi connectivity index (χ1n) is 8.80. The number of aromatic amines is 1. The second kappa shape index (κ2) is 7.65. The number of anilines is 1. The summed E-state index contributed by atoms with van der Waals surface area (Å²) in [6, 6.07) is 9.06. The third-order valence-corrected chi connectivity index (χ3v) is 4.79. The van der Waals surface area contributed by atoms with Gasteiger partial charge in [-0.3, -0.25) is 14.4 Å². The van der Waals surface area contributed by atoms with Crippen LogP contribution in [0, 0.1) is 19.8 Å². The largest absolute Gasteiger partial charge is 0.497 e. The third kappa shape index (κ3) is 4.02. The van der Waals surface area contributed by atoms with Crippen LogP contribution in [0.5, 0.6) is 5.75 Å². The van der Waals surface area contributed by atoms with E-state index in [0.29, 0.717) is 23.5 Å². The lowest BCUT2D eigenvalue weighted by Gasteiger charge is -2.17. The Morgan fingerprint density at radius 2 is 2.07 bits per heavy atom. The predicted octanol–water partition coefficient (Wildman–Crippen LogP) is 1.67. The molecule has 2 heterocycles. The van der Waals surface area contributed by atoms with Crippen molar-refractivity contribution in [3.8, 4) is 5.75 Å². The summed E-state index contributed by atoms with van der Waals surface area (Å²) in [5.74, 6) is -0.128. The predicted molar refractivity (Wildman–Crippen MR) is 102 cm³/mol. The fourth-order valence-electron chi connectivity index (χ4n) is 3.33. The van der Waals surface area contributed by atoms with Gasteiger partial charge in [0.15, 0.2) is 0 Å². The van der Waals surface area contributed by atoms with Gasteiger partial charge in [0, 0.05) is 42.5 Å². The van der Waals surface area contributed by atoms with E-state index in [4.69, 9.17) is 4.74 Å². The Balaban J connectivity index is 1.66. The molecule has 1 aromatic carbocycles. The van der Waals surface area contributed by atoms with Crippen molar-refractivity contribution in [1.82, 2.24) is 10.3 Å². The van der Waals surface area contributed by atoms with E-state index in [-0.39, 0.29) is 30.3 Å². The Morgan fingerprint density at radius 1 is 1.30 bits per heavy atom. The lowest BCUT2D eigenvalue weighted by molar-refractivity contribution is -0.126. The molecule has 0 bridgehead atoms. The van der Waals surface area contributed by atoms with Gasteiger partial charge in [-0.15, -0.1) is 0 Å². The summed E-state index contributed by atoms with van der Waals surface area (Å²) < 4.78 is 5.19. The quantitative estimate of drug-likeness (QED) is 0.839. The summed E-state index contributed by atoms with van der Waals surface area (Å²) in [7, 11) is 1.57. The van der Waals surface area contributed by atoms with Crippen LogP contribution in [0.3, 0.4) is 0 Å². The van der Waals surface area contributed by atoms with E-state index >= 15 is 0 Å². The van der Waals surface area contributed by atoms with Gasteiger partial charge in [0.1, 0.15) is 5.75 Å². The first kappa shape index (κ1) is 18.7. The molecule has 7 heteroatoms. The smallest absolute Gasteiger partial charge is 0.253 e. The highest BCUT2D eigenvalue weighted by atomic mass is 16.5. The summed E-state index contributed by atoms with van der Waals surface area (Å²) in [5.41, 5.74) is 2.65. The molecule has 1 aliphatic rings. The summed E-state index contributed by atoms with van der Waals surface area (Å²) in [4.78, 5) is 41.3. The molecular weight excluding hydrogens is 346 g/mol. The highest BCUT2D eigenvalue weighted by Gasteiger charge is 2.35. The average molecular weight is 369 g/mol. The van der Waals surface area contributed by atoms with Crippen LogP contribution >= 0.6 is 0 Å². The molecule has 7 nitrogen and oxygen atoms in total. The van der Waals surface area contributed by atoms with E-state index in [9.17, 15) is 14.4 Å². The van der Waals surface area contributed by atoms with Gasteiger partial charge >= 0.3 is 0 Å². The second-order valence-corrected chi connectivity index (χ2v) is 6.77. The number of nitrogens with one attached hydrogen (secondary N) is 2. The molecule has 1 unspecified atom stereocenters. The molecule has 0 spiro atoms. The first-order valence-corrected chi connectivity index (χ1v) is 8.80. The molecule has 2 N–H and O–H groups in total. The second-order valence-electron chi connectivity index (χ2n) is 6.77. The number of amides is 2. The van der Waals surface area contributed by atoms with Crippen molar-refractivity contribution in [2.75, 3.05) is 18.6 Å². The van der Waals surface area contributed by atoms with Crippen LogP contribution in [-0.2, 0) is 16.1 Å². The normalized spacial score (nSPS) is 16.5. The number of aromatic nitrogens is 1. The van der Waals surface area contributed by atoms with Crippen LogP contribution in [0.2, 0.25) is 0 Å². The standard InChI is InChI=1S/C20H23N3O4/c1-12-7-13(2)22-20(26)17(12)10-21-19(25)14-8-18(24)23(11-14)15-5-4-6-16(9-15)27-3/h4-7,9,14H,8,10-11H2,1-3H3,(H,21,25)(H,22,26). The van der Waals surface area contributed by atoms with Crippen LogP contribution < -0.4 is 20.5 Å². The molecule has 0 saturated carbocycles. The van der Waals surface area contributed by atoms with E-state index in [1.54, 1.807) is 30.2 Å². The number of pyridine rings is 1. The summed E-state index contributed by atoms with van der Waals surface area (Å²) >= 11 is 0.